The van der Waals surface area contributed by atoms with Gasteiger partial charge in [0.05, 0.1) is 16.1 Å². The largest absolute Gasteiger partial charge is 0.347 e. The predicted octanol–water partition coefficient (Wildman–Crippen LogP) is 5.95. The maximum atomic E-state index is 13.5. The number of fused-ring (bicyclic) bond motifs is 3. The first-order valence-corrected chi connectivity index (χ1v) is 16.5. The van der Waals surface area contributed by atoms with Crippen LogP contribution in [0, 0.1) is 0 Å². The maximum absolute atomic E-state index is 13.5. The quantitative estimate of drug-likeness (QED) is 0.222. The first-order valence-electron chi connectivity index (χ1n) is 14.7. The highest BCUT2D eigenvalue weighted by Gasteiger charge is 2.46. The van der Waals surface area contributed by atoms with Crippen molar-refractivity contribution in [2.75, 3.05) is 13.6 Å². The zero-order valence-electron chi connectivity index (χ0n) is 24.5. The van der Waals surface area contributed by atoms with E-state index in [1.54, 1.807) is 29.3 Å². The molecule has 1 fully saturated rings. The molecule has 1 N–H and O–H groups in total. The van der Waals surface area contributed by atoms with E-state index in [4.69, 9.17) is 11.8 Å². The van der Waals surface area contributed by atoms with Gasteiger partial charge in [-0.15, -0.1) is 3.82 Å². The van der Waals surface area contributed by atoms with Crippen molar-refractivity contribution in [2.24, 2.45) is 0 Å². The Hall–Kier alpha value is -4.67. The van der Waals surface area contributed by atoms with E-state index >= 15 is 0 Å². The lowest BCUT2D eigenvalue weighted by Gasteiger charge is -2.24. The van der Waals surface area contributed by atoms with Crippen LogP contribution in [-0.2, 0) is 22.9 Å². The summed E-state index contributed by atoms with van der Waals surface area (Å²) in [6.45, 7) is 0.651. The Kier molecular flexibility index (Phi) is 7.13. The number of nitrogens with one attached hydrogen (secondary N) is 1. The number of halogens is 1. The number of amides is 3. The molecule has 0 atom stereocenters. The summed E-state index contributed by atoms with van der Waals surface area (Å²) in [6.07, 6.45) is 4.44. The van der Waals surface area contributed by atoms with Crippen LogP contribution in [0.15, 0.2) is 102 Å². The predicted molar refractivity (Wildman–Crippen MR) is 173 cm³/mol. The molecule has 0 unspecified atom stereocenters. The molecule has 1 saturated carbocycles. The molecule has 0 radical (unpaired) electrons. The Morgan fingerprint density at radius 3 is 2.42 bits per heavy atom. The Bertz CT molecular complexity index is 2040. The fourth-order valence-electron chi connectivity index (χ4n) is 6.07. The molecule has 5 aromatic rings. The molecule has 1 aliphatic heterocycles. The van der Waals surface area contributed by atoms with Gasteiger partial charge in [0.2, 0.25) is 0 Å². The van der Waals surface area contributed by atoms with Gasteiger partial charge in [0.25, 0.3) is 15.9 Å². The van der Waals surface area contributed by atoms with Gasteiger partial charge < -0.3 is 14.8 Å². The molecule has 228 valence electrons. The zero-order chi connectivity index (χ0) is 31.3. The minimum Gasteiger partial charge on any atom is -0.340 e. The lowest BCUT2D eigenvalue weighted by atomic mass is 10.0. The number of carbonyl (C=O) groups is 2. The van der Waals surface area contributed by atoms with Crippen molar-refractivity contribution in [1.82, 2.24) is 23.6 Å². The number of pyridine rings is 1. The molecule has 7 rings (SSSR count). The van der Waals surface area contributed by atoms with Gasteiger partial charge in [0, 0.05) is 53.7 Å². The van der Waals surface area contributed by atoms with Gasteiger partial charge in [-0.05, 0) is 85.3 Å². The lowest BCUT2D eigenvalue weighted by Crippen LogP contribution is -2.45. The molecule has 0 saturated heterocycles. The van der Waals surface area contributed by atoms with E-state index in [-0.39, 0.29) is 14.6 Å². The van der Waals surface area contributed by atoms with Crippen LogP contribution in [-0.4, -0.2) is 57.8 Å². The average Bonchev–Trinajstić information content (AvgIpc) is 3.73. The first kappa shape index (κ1) is 29.1. The van der Waals surface area contributed by atoms with Gasteiger partial charge in [0.1, 0.15) is 5.69 Å². The highest BCUT2D eigenvalue weighted by molar-refractivity contribution is 7.90. The van der Waals surface area contributed by atoms with Gasteiger partial charge in [-0.2, -0.15) is 8.42 Å². The SMILES string of the molecule is CN1CCc2c(n(-c3ccc(CC4(NC(=O)N(Cl)S(=O)(=O)c5ccccc5)CC4)cc3)c3ccc(-c4ccccn4)cc23)C1=O. The van der Waals surface area contributed by atoms with Crippen LogP contribution >= 0.6 is 11.8 Å². The van der Waals surface area contributed by atoms with Crippen LogP contribution in [0.25, 0.3) is 27.8 Å². The molecular formula is C34H30ClN5O4S. The molecule has 11 heteroatoms. The van der Waals surface area contributed by atoms with E-state index < -0.39 is 21.6 Å². The van der Waals surface area contributed by atoms with E-state index in [0.29, 0.717) is 31.5 Å². The number of aromatic nitrogens is 2. The number of urea groups is 1. The minimum atomic E-state index is -4.19. The second kappa shape index (κ2) is 11.0. The third-order valence-electron chi connectivity index (χ3n) is 8.65. The number of nitrogens with zero attached hydrogens (tertiary/aromatic N) is 4. The highest BCUT2D eigenvalue weighted by atomic mass is 35.5. The van der Waals surface area contributed by atoms with Crippen molar-refractivity contribution in [3.63, 3.8) is 0 Å². The fourth-order valence-corrected chi connectivity index (χ4v) is 7.30. The summed E-state index contributed by atoms with van der Waals surface area (Å²) >= 11 is 6.04. The monoisotopic (exact) mass is 639 g/mol. The van der Waals surface area contributed by atoms with Gasteiger partial charge in [-0.1, -0.05) is 42.5 Å². The van der Waals surface area contributed by atoms with Crippen LogP contribution in [0.4, 0.5) is 4.79 Å². The minimum absolute atomic E-state index is 0.0216. The summed E-state index contributed by atoms with van der Waals surface area (Å²) in [4.78, 5) is 32.6. The second-order valence-electron chi connectivity index (χ2n) is 11.7. The molecule has 0 bridgehead atoms. The van der Waals surface area contributed by atoms with Crippen LogP contribution in [0.5, 0.6) is 0 Å². The Labute approximate surface area is 266 Å². The molecule has 3 aromatic carbocycles. The van der Waals surface area contributed by atoms with E-state index in [1.165, 1.54) is 12.1 Å². The van der Waals surface area contributed by atoms with Crippen molar-refractivity contribution in [3.8, 4) is 16.9 Å². The average molecular weight is 640 g/mol. The van der Waals surface area contributed by atoms with Gasteiger partial charge in [-0.25, -0.2) is 4.79 Å². The number of hydrogen-bond donors (Lipinski definition) is 1. The first-order chi connectivity index (χ1) is 21.7. The summed E-state index contributed by atoms with van der Waals surface area (Å²) in [5.41, 5.74) is 5.75. The number of carbonyl (C=O) groups excluding carboxylic acids is 2. The number of rotatable bonds is 7. The zero-order valence-corrected chi connectivity index (χ0v) is 26.1. The third kappa shape index (κ3) is 5.23. The second-order valence-corrected chi connectivity index (χ2v) is 14.0. The number of hydrogen-bond acceptors (Lipinski definition) is 5. The lowest BCUT2D eigenvalue weighted by molar-refractivity contribution is 0.0773. The van der Waals surface area contributed by atoms with Crippen molar-refractivity contribution in [1.29, 1.82) is 0 Å². The molecule has 3 heterocycles. The Morgan fingerprint density at radius 1 is 1.00 bits per heavy atom. The normalized spacial score (nSPS) is 15.5. The summed E-state index contributed by atoms with van der Waals surface area (Å²) in [5.74, 6) is -0.0216. The molecule has 45 heavy (non-hydrogen) atoms. The molecule has 9 nitrogen and oxygen atoms in total. The Morgan fingerprint density at radius 2 is 1.73 bits per heavy atom. The smallest absolute Gasteiger partial charge is 0.340 e. The van der Waals surface area contributed by atoms with Crippen LogP contribution in [0.3, 0.4) is 0 Å². The molecule has 0 spiro atoms. The van der Waals surface area contributed by atoms with Gasteiger partial charge in [0.15, 0.2) is 0 Å². The molecule has 3 amide bonds. The van der Waals surface area contributed by atoms with E-state index in [0.717, 1.165) is 45.4 Å². The van der Waals surface area contributed by atoms with E-state index in [2.05, 4.69) is 22.4 Å². The summed E-state index contributed by atoms with van der Waals surface area (Å²) in [5, 5.41) is 3.88. The highest BCUT2D eigenvalue weighted by Crippen LogP contribution is 2.40. The van der Waals surface area contributed by atoms with Gasteiger partial charge >= 0.3 is 6.03 Å². The number of likely N-dealkylation sites (N-methyl/N-ethyl adjacent to an activating group) is 1. The van der Waals surface area contributed by atoms with Crippen LogP contribution in [0.2, 0.25) is 0 Å². The topological polar surface area (TPSA) is 105 Å². The van der Waals surface area contributed by atoms with Crippen molar-refractivity contribution in [3.05, 3.63) is 114 Å². The third-order valence-corrected chi connectivity index (χ3v) is 10.8. The van der Waals surface area contributed by atoms with E-state index in [9.17, 15) is 18.0 Å². The summed E-state index contributed by atoms with van der Waals surface area (Å²) in [6, 6.07) is 26.7. The number of benzene rings is 3. The van der Waals surface area contributed by atoms with Gasteiger partial charge in [-0.3, -0.25) is 9.78 Å². The standard InChI is InChI=1S/C34H30ClN5O4S/c1-38-20-16-27-28-21-24(29-9-5-6-19-36-29)12-15-30(28)39(31(27)32(38)41)25-13-10-23(11-14-25)22-34(17-18-34)37-33(42)40(35)45(43,44)26-7-3-2-4-8-26/h2-15,19,21H,16-18,20,22H2,1H3,(H,37,42). The van der Waals surface area contributed by atoms with Crippen molar-refractivity contribution < 1.29 is 18.0 Å². The van der Waals surface area contributed by atoms with Crippen molar-refractivity contribution >= 4 is 44.6 Å². The van der Waals surface area contributed by atoms with Crippen LogP contribution < -0.4 is 5.32 Å². The summed E-state index contributed by atoms with van der Waals surface area (Å²) < 4.78 is 27.9. The number of sulfonamides is 1. The molecule has 2 aromatic heterocycles. The Balaban J connectivity index is 1.16. The van der Waals surface area contributed by atoms with Crippen LogP contribution in [0.1, 0.15) is 34.5 Å². The van der Waals surface area contributed by atoms with Crippen molar-refractivity contribution in [2.45, 2.75) is 36.1 Å². The van der Waals surface area contributed by atoms with E-state index in [1.807, 2.05) is 60.1 Å². The molecular weight excluding hydrogens is 610 g/mol. The molecule has 1 aliphatic carbocycles. The fraction of sp³-hybridized carbons (Fsp3) is 0.206. The molecule has 2 aliphatic rings. The summed E-state index contributed by atoms with van der Waals surface area (Å²) in [7, 11) is -2.36. The maximum Gasteiger partial charge on any atom is 0.347 e.